The van der Waals surface area contributed by atoms with E-state index < -0.39 is 5.63 Å². The van der Waals surface area contributed by atoms with Gasteiger partial charge in [-0.3, -0.25) is 4.79 Å². The molecule has 0 atom stereocenters. The molecule has 6 nitrogen and oxygen atoms in total. The van der Waals surface area contributed by atoms with Gasteiger partial charge in [0.1, 0.15) is 11.3 Å². The molecule has 1 heterocycles. The van der Waals surface area contributed by atoms with Gasteiger partial charge in [0.2, 0.25) is 0 Å². The Hall–Kier alpha value is -3.41. The number of nitrogens with one attached hydrogen (secondary N) is 1. The van der Waals surface area contributed by atoms with Crippen LogP contribution in [0.1, 0.15) is 28.4 Å². The topological polar surface area (TPSA) is 91.9 Å². The van der Waals surface area contributed by atoms with Crippen LogP contribution in [0, 0.1) is 6.92 Å². The van der Waals surface area contributed by atoms with Crippen LogP contribution in [0.15, 0.2) is 62.8 Å². The first-order valence-electron chi connectivity index (χ1n) is 7.62. The van der Waals surface area contributed by atoms with Crippen LogP contribution in [0.5, 0.6) is 5.75 Å². The van der Waals surface area contributed by atoms with Gasteiger partial charge in [0.15, 0.2) is 0 Å². The van der Waals surface area contributed by atoms with Crippen LogP contribution >= 0.6 is 0 Å². The van der Waals surface area contributed by atoms with E-state index in [4.69, 9.17) is 4.42 Å². The van der Waals surface area contributed by atoms with Crippen molar-refractivity contribution in [3.8, 4) is 5.75 Å². The lowest BCUT2D eigenvalue weighted by Crippen LogP contribution is -2.21. The molecule has 0 aliphatic heterocycles. The number of carbonyl (C=O) groups excluding carboxylic acids is 1. The van der Waals surface area contributed by atoms with Crippen LogP contribution in [0.3, 0.4) is 0 Å². The van der Waals surface area contributed by atoms with E-state index in [0.29, 0.717) is 16.7 Å². The summed E-state index contributed by atoms with van der Waals surface area (Å²) >= 11 is 0. The van der Waals surface area contributed by atoms with Crippen molar-refractivity contribution in [3.05, 3.63) is 75.6 Å². The minimum Gasteiger partial charge on any atom is -0.508 e. The molecule has 3 rings (SSSR count). The highest BCUT2D eigenvalue weighted by Gasteiger charge is 2.10. The molecule has 126 valence electrons. The lowest BCUT2D eigenvalue weighted by atomic mass is 10.1. The van der Waals surface area contributed by atoms with E-state index in [2.05, 4.69) is 10.5 Å². The van der Waals surface area contributed by atoms with Crippen molar-refractivity contribution in [1.82, 2.24) is 5.43 Å². The van der Waals surface area contributed by atoms with E-state index in [1.54, 1.807) is 31.2 Å². The maximum Gasteiger partial charge on any atom is 0.345 e. The lowest BCUT2D eigenvalue weighted by molar-refractivity contribution is 0.0955. The Morgan fingerprint density at radius 1 is 1.12 bits per heavy atom. The zero-order valence-corrected chi connectivity index (χ0v) is 13.7. The van der Waals surface area contributed by atoms with E-state index >= 15 is 0 Å². The second kappa shape index (κ2) is 6.60. The van der Waals surface area contributed by atoms with E-state index in [1.165, 1.54) is 12.1 Å². The first-order valence-corrected chi connectivity index (χ1v) is 7.62. The van der Waals surface area contributed by atoms with Crippen LogP contribution < -0.4 is 11.1 Å². The van der Waals surface area contributed by atoms with Crippen LogP contribution in [-0.2, 0) is 0 Å². The van der Waals surface area contributed by atoms with Gasteiger partial charge in [-0.2, -0.15) is 5.10 Å². The number of hydrazone groups is 1. The van der Waals surface area contributed by atoms with Crippen molar-refractivity contribution < 1.29 is 14.3 Å². The summed E-state index contributed by atoms with van der Waals surface area (Å²) in [5.41, 5.74) is 4.21. The molecule has 0 radical (unpaired) electrons. The number of rotatable bonds is 3. The predicted octanol–water partition coefficient (Wildman–Crippen LogP) is 2.96. The number of hydrogen-bond acceptors (Lipinski definition) is 5. The van der Waals surface area contributed by atoms with Crippen molar-refractivity contribution in [2.45, 2.75) is 13.8 Å². The third kappa shape index (κ3) is 3.58. The Bertz CT molecular complexity index is 1030. The Morgan fingerprint density at radius 3 is 2.56 bits per heavy atom. The summed E-state index contributed by atoms with van der Waals surface area (Å²) in [4.78, 5) is 24.2. The normalized spacial score (nSPS) is 11.5. The Balaban J connectivity index is 1.87. The van der Waals surface area contributed by atoms with Crippen molar-refractivity contribution in [3.63, 3.8) is 0 Å². The fraction of sp³-hybridized carbons (Fsp3) is 0.105. The number of amides is 1. The monoisotopic (exact) mass is 336 g/mol. The maximum atomic E-state index is 12.1. The molecule has 1 amide bonds. The molecule has 0 bridgehead atoms. The maximum absolute atomic E-state index is 12.1. The molecule has 6 heteroatoms. The summed E-state index contributed by atoms with van der Waals surface area (Å²) in [6.07, 6.45) is 0. The minimum absolute atomic E-state index is 0.0131. The molecule has 0 aliphatic rings. The summed E-state index contributed by atoms with van der Waals surface area (Å²) in [6, 6.07) is 13.2. The molecular formula is C19H16N2O4. The molecule has 0 fully saturated rings. The van der Waals surface area contributed by atoms with Gasteiger partial charge >= 0.3 is 5.63 Å². The Morgan fingerprint density at radius 2 is 1.84 bits per heavy atom. The van der Waals surface area contributed by atoms with Gasteiger partial charge in [0, 0.05) is 17.0 Å². The molecule has 0 saturated carbocycles. The molecule has 0 aliphatic carbocycles. The number of carbonyl (C=O) groups is 1. The number of hydrogen-bond donors (Lipinski definition) is 2. The molecule has 2 N–H and O–H groups in total. The predicted molar refractivity (Wildman–Crippen MR) is 95.0 cm³/mol. The van der Waals surface area contributed by atoms with Gasteiger partial charge < -0.3 is 9.52 Å². The van der Waals surface area contributed by atoms with Crippen LogP contribution in [-0.4, -0.2) is 16.7 Å². The highest BCUT2D eigenvalue weighted by molar-refractivity contribution is 6.02. The second-order valence-electron chi connectivity index (χ2n) is 5.67. The average molecular weight is 336 g/mol. The summed E-state index contributed by atoms with van der Waals surface area (Å²) in [7, 11) is 0. The zero-order chi connectivity index (χ0) is 18.0. The van der Waals surface area contributed by atoms with E-state index in [1.807, 2.05) is 19.1 Å². The lowest BCUT2D eigenvalue weighted by Gasteiger charge is -2.04. The van der Waals surface area contributed by atoms with Crippen molar-refractivity contribution in [1.29, 1.82) is 0 Å². The number of phenols is 1. The van der Waals surface area contributed by atoms with Crippen molar-refractivity contribution >= 4 is 22.6 Å². The third-order valence-corrected chi connectivity index (χ3v) is 3.75. The zero-order valence-electron chi connectivity index (χ0n) is 13.7. The van der Waals surface area contributed by atoms with Crippen LogP contribution in [0.25, 0.3) is 11.0 Å². The van der Waals surface area contributed by atoms with Gasteiger partial charge in [0.25, 0.3) is 5.91 Å². The van der Waals surface area contributed by atoms with Crippen molar-refractivity contribution in [2.24, 2.45) is 5.10 Å². The fourth-order valence-electron chi connectivity index (χ4n) is 2.32. The standard InChI is InChI=1S/C19H16N2O4/c1-11-3-5-13(6-4-11)18(23)21-20-12(2)16-9-14-7-8-15(22)10-17(14)25-19(16)24/h3-10,22H,1-2H3,(H,21,23)/b20-12+. The summed E-state index contributed by atoms with van der Waals surface area (Å²) < 4.78 is 5.19. The molecule has 0 unspecified atom stereocenters. The number of aromatic hydroxyl groups is 1. The average Bonchev–Trinajstić information content (AvgIpc) is 2.59. The summed E-state index contributed by atoms with van der Waals surface area (Å²) in [5, 5.41) is 14.1. The smallest absolute Gasteiger partial charge is 0.345 e. The molecule has 3 aromatic rings. The van der Waals surface area contributed by atoms with Crippen LogP contribution in [0.4, 0.5) is 0 Å². The largest absolute Gasteiger partial charge is 0.508 e. The Kier molecular flexibility index (Phi) is 4.35. The van der Waals surface area contributed by atoms with Gasteiger partial charge in [0.05, 0.1) is 11.3 Å². The highest BCUT2D eigenvalue weighted by Crippen LogP contribution is 2.19. The second-order valence-corrected chi connectivity index (χ2v) is 5.67. The SMILES string of the molecule is C/C(=N\NC(=O)c1ccc(C)cc1)c1cc2ccc(O)cc2oc1=O. The van der Waals surface area contributed by atoms with Gasteiger partial charge in [-0.25, -0.2) is 10.2 Å². The highest BCUT2D eigenvalue weighted by atomic mass is 16.4. The summed E-state index contributed by atoms with van der Waals surface area (Å²) in [6.45, 7) is 3.54. The van der Waals surface area contributed by atoms with E-state index in [9.17, 15) is 14.7 Å². The fourth-order valence-corrected chi connectivity index (χ4v) is 2.32. The summed E-state index contributed by atoms with van der Waals surface area (Å²) in [5.74, 6) is -0.353. The van der Waals surface area contributed by atoms with Gasteiger partial charge in [-0.05, 0) is 44.2 Å². The third-order valence-electron chi connectivity index (χ3n) is 3.75. The number of fused-ring (bicyclic) bond motifs is 1. The molecule has 25 heavy (non-hydrogen) atoms. The van der Waals surface area contributed by atoms with Gasteiger partial charge in [-0.1, -0.05) is 17.7 Å². The number of phenolic OH excluding ortho intramolecular Hbond substituents is 1. The Labute approximate surface area is 143 Å². The molecule has 2 aromatic carbocycles. The van der Waals surface area contributed by atoms with Gasteiger partial charge in [-0.15, -0.1) is 0 Å². The first kappa shape index (κ1) is 16.4. The molecule has 0 saturated heterocycles. The van der Waals surface area contributed by atoms with Crippen LogP contribution in [0.2, 0.25) is 0 Å². The number of benzene rings is 2. The number of nitrogens with zero attached hydrogens (tertiary/aromatic N) is 1. The first-order chi connectivity index (χ1) is 11.9. The number of aryl methyl sites for hydroxylation is 1. The van der Waals surface area contributed by atoms with E-state index in [0.717, 1.165) is 5.56 Å². The van der Waals surface area contributed by atoms with E-state index in [-0.39, 0.29) is 22.8 Å². The quantitative estimate of drug-likeness (QED) is 0.437. The molecule has 1 aromatic heterocycles. The minimum atomic E-state index is -0.594. The van der Waals surface area contributed by atoms with Crippen molar-refractivity contribution in [2.75, 3.05) is 0 Å². The molecular weight excluding hydrogens is 320 g/mol. The molecule has 0 spiro atoms.